The molecule has 7 heteroatoms. The summed E-state index contributed by atoms with van der Waals surface area (Å²) in [6, 6.07) is 10.5. The topological polar surface area (TPSA) is 86.4 Å². The Balaban J connectivity index is 1.56. The van der Waals surface area contributed by atoms with Crippen LogP contribution in [-0.2, 0) is 6.54 Å². The van der Waals surface area contributed by atoms with Gasteiger partial charge in [-0.2, -0.15) is 5.10 Å². The van der Waals surface area contributed by atoms with Gasteiger partial charge in [0, 0.05) is 35.5 Å². The van der Waals surface area contributed by atoms with Crippen molar-refractivity contribution in [2.45, 2.75) is 33.7 Å². The van der Waals surface area contributed by atoms with E-state index in [9.17, 15) is 0 Å². The maximum Gasteiger partial charge on any atom is 0.159 e. The molecule has 0 saturated carbocycles. The molecule has 0 saturated heterocycles. The molecule has 7 nitrogen and oxygen atoms in total. The molecular formula is C28H31N7. The molecule has 0 amide bonds. The van der Waals surface area contributed by atoms with Crippen molar-refractivity contribution in [2.24, 2.45) is 5.92 Å². The summed E-state index contributed by atoms with van der Waals surface area (Å²) in [5.41, 5.74) is 9.00. The monoisotopic (exact) mass is 465 g/mol. The lowest BCUT2D eigenvalue weighted by Crippen LogP contribution is -2.10. The average Bonchev–Trinajstić information content (AvgIpc) is 3.45. The predicted octanol–water partition coefficient (Wildman–Crippen LogP) is 6.07. The minimum Gasteiger partial charge on any atom is -0.337 e. The lowest BCUT2D eigenvalue weighted by atomic mass is 10.0. The molecular weight excluding hydrogens is 434 g/mol. The molecule has 5 aromatic rings. The number of benzene rings is 1. The van der Waals surface area contributed by atoms with Gasteiger partial charge >= 0.3 is 0 Å². The molecule has 0 spiro atoms. The molecule has 4 heterocycles. The number of pyridine rings is 2. The number of allylic oxidation sites excluding steroid dienone is 2. The number of H-pyrrole nitrogens is 2. The quantitative estimate of drug-likeness (QED) is 0.304. The van der Waals surface area contributed by atoms with Crippen LogP contribution in [0.3, 0.4) is 0 Å². The molecule has 4 aromatic heterocycles. The first-order chi connectivity index (χ1) is 16.9. The van der Waals surface area contributed by atoms with Crippen LogP contribution in [0.25, 0.3) is 50.3 Å². The fourth-order valence-corrected chi connectivity index (χ4v) is 4.32. The largest absolute Gasteiger partial charge is 0.337 e. The predicted molar refractivity (Wildman–Crippen MR) is 143 cm³/mol. The zero-order valence-electron chi connectivity index (χ0n) is 20.9. The molecule has 178 valence electrons. The van der Waals surface area contributed by atoms with Crippen LogP contribution in [0.1, 0.15) is 38.3 Å². The van der Waals surface area contributed by atoms with Gasteiger partial charge < -0.3 is 9.88 Å². The van der Waals surface area contributed by atoms with E-state index >= 15 is 0 Å². The van der Waals surface area contributed by atoms with Crippen LogP contribution in [0.2, 0.25) is 0 Å². The Kier molecular flexibility index (Phi) is 6.17. The van der Waals surface area contributed by atoms with Crippen LogP contribution in [0.15, 0.2) is 55.0 Å². The van der Waals surface area contributed by atoms with E-state index < -0.39 is 0 Å². The van der Waals surface area contributed by atoms with E-state index in [1.54, 1.807) is 0 Å². The number of rotatable bonds is 7. The highest BCUT2D eigenvalue weighted by molar-refractivity contribution is 5.96. The van der Waals surface area contributed by atoms with Crippen molar-refractivity contribution in [2.75, 3.05) is 14.1 Å². The number of nitrogens with zero attached hydrogens (tertiary/aromatic N) is 5. The van der Waals surface area contributed by atoms with Gasteiger partial charge in [-0.3, -0.25) is 15.1 Å². The van der Waals surface area contributed by atoms with Gasteiger partial charge in [0.2, 0.25) is 0 Å². The summed E-state index contributed by atoms with van der Waals surface area (Å²) < 4.78 is 0. The van der Waals surface area contributed by atoms with Gasteiger partial charge in [0.05, 0.1) is 28.4 Å². The highest BCUT2D eigenvalue weighted by Crippen LogP contribution is 2.31. The Morgan fingerprint density at radius 2 is 1.94 bits per heavy atom. The Labute approximate surface area is 205 Å². The number of hydrogen-bond acceptors (Lipinski definition) is 5. The third kappa shape index (κ3) is 4.72. The summed E-state index contributed by atoms with van der Waals surface area (Å²) in [7, 11) is 4.10. The van der Waals surface area contributed by atoms with E-state index in [0.29, 0.717) is 5.92 Å². The molecule has 0 aliphatic rings. The first-order valence-electron chi connectivity index (χ1n) is 12.0. The van der Waals surface area contributed by atoms with E-state index in [1.165, 1.54) is 5.57 Å². The van der Waals surface area contributed by atoms with E-state index in [0.717, 1.165) is 68.8 Å². The lowest BCUT2D eigenvalue weighted by molar-refractivity contribution is 0.402. The van der Waals surface area contributed by atoms with Gasteiger partial charge in [-0.1, -0.05) is 32.1 Å². The first-order valence-corrected chi connectivity index (χ1v) is 12.0. The number of aromatic amines is 2. The van der Waals surface area contributed by atoms with Gasteiger partial charge in [0.25, 0.3) is 0 Å². The van der Waals surface area contributed by atoms with Crippen LogP contribution in [-0.4, -0.2) is 49.1 Å². The third-order valence-corrected chi connectivity index (χ3v) is 6.09. The van der Waals surface area contributed by atoms with Crippen LogP contribution >= 0.6 is 0 Å². The van der Waals surface area contributed by atoms with Crippen LogP contribution in [0.5, 0.6) is 0 Å². The maximum atomic E-state index is 4.99. The minimum atomic E-state index is 0.621. The van der Waals surface area contributed by atoms with Crippen molar-refractivity contribution in [3.8, 4) is 22.8 Å². The average molecular weight is 466 g/mol. The normalized spacial score (nSPS) is 12.5. The third-order valence-electron chi connectivity index (χ3n) is 6.09. The summed E-state index contributed by atoms with van der Waals surface area (Å²) >= 11 is 0. The standard InChI is InChI=1S/C28H31N7/c1-17(2)9-10-18(3)21-7-6-8-23-26(21)32-28(31-23)27-22-12-24(30-15-25(22)33-34-27)20-11-19(13-29-14-20)16-35(4)5/h6-8,10-15,17H,9,16H2,1-5H3,(H,31,32)(H,33,34)/b18-10+. The second-order valence-corrected chi connectivity index (χ2v) is 9.81. The van der Waals surface area contributed by atoms with Gasteiger partial charge in [0.15, 0.2) is 5.82 Å². The van der Waals surface area contributed by atoms with E-state index in [2.05, 4.69) is 101 Å². The highest BCUT2D eigenvalue weighted by atomic mass is 15.1. The van der Waals surface area contributed by atoms with Crippen molar-refractivity contribution < 1.29 is 0 Å². The number of nitrogens with one attached hydrogen (secondary N) is 2. The summed E-state index contributed by atoms with van der Waals surface area (Å²) in [4.78, 5) is 19.7. The number of imidazole rings is 1. The Morgan fingerprint density at radius 1 is 1.09 bits per heavy atom. The lowest BCUT2D eigenvalue weighted by Gasteiger charge is -2.10. The Hall–Kier alpha value is -3.84. The van der Waals surface area contributed by atoms with E-state index in [-0.39, 0.29) is 0 Å². The zero-order valence-corrected chi connectivity index (χ0v) is 20.9. The van der Waals surface area contributed by atoms with Crippen molar-refractivity contribution >= 4 is 27.5 Å². The SMILES string of the molecule is C/C(=C\CC(C)C)c1cccc2[nH]c(-c3n[nH]c4cnc(-c5cncc(CN(C)C)c5)cc34)nc12. The highest BCUT2D eigenvalue weighted by Gasteiger charge is 2.16. The summed E-state index contributed by atoms with van der Waals surface area (Å²) in [6.45, 7) is 7.45. The molecule has 0 fully saturated rings. The first kappa shape index (κ1) is 22.9. The smallest absolute Gasteiger partial charge is 0.159 e. The second-order valence-electron chi connectivity index (χ2n) is 9.81. The molecule has 0 atom stereocenters. The van der Waals surface area contributed by atoms with E-state index in [4.69, 9.17) is 4.98 Å². The molecule has 0 radical (unpaired) electrons. The van der Waals surface area contributed by atoms with Gasteiger partial charge in [-0.05, 0) is 62.7 Å². The molecule has 1 aromatic carbocycles. The fraction of sp³-hybridized carbons (Fsp3) is 0.286. The molecule has 5 rings (SSSR count). The summed E-state index contributed by atoms with van der Waals surface area (Å²) in [6.07, 6.45) is 8.92. The number of para-hydroxylation sites is 1. The van der Waals surface area contributed by atoms with E-state index in [1.807, 2.05) is 18.6 Å². The molecule has 0 aliphatic carbocycles. The van der Waals surface area contributed by atoms with Gasteiger partial charge in [-0.25, -0.2) is 4.98 Å². The second kappa shape index (κ2) is 9.43. The maximum absolute atomic E-state index is 4.99. The van der Waals surface area contributed by atoms with Crippen LogP contribution < -0.4 is 0 Å². The Bertz CT molecular complexity index is 1520. The van der Waals surface area contributed by atoms with Crippen molar-refractivity contribution in [3.63, 3.8) is 0 Å². The summed E-state index contributed by atoms with van der Waals surface area (Å²) in [5.74, 6) is 1.36. The number of fused-ring (bicyclic) bond motifs is 2. The van der Waals surface area contributed by atoms with Gasteiger partial charge in [0.1, 0.15) is 5.69 Å². The molecule has 2 N–H and O–H groups in total. The van der Waals surface area contributed by atoms with Crippen molar-refractivity contribution in [3.05, 3.63) is 66.1 Å². The van der Waals surface area contributed by atoms with Gasteiger partial charge in [-0.15, -0.1) is 0 Å². The number of aromatic nitrogens is 6. The van der Waals surface area contributed by atoms with Crippen LogP contribution in [0.4, 0.5) is 0 Å². The Morgan fingerprint density at radius 3 is 2.74 bits per heavy atom. The molecule has 0 unspecified atom stereocenters. The minimum absolute atomic E-state index is 0.621. The fourth-order valence-electron chi connectivity index (χ4n) is 4.32. The van der Waals surface area contributed by atoms with Crippen molar-refractivity contribution in [1.82, 2.24) is 35.0 Å². The molecule has 0 bridgehead atoms. The van der Waals surface area contributed by atoms with Crippen LogP contribution in [0, 0.1) is 5.92 Å². The van der Waals surface area contributed by atoms with Crippen molar-refractivity contribution in [1.29, 1.82) is 0 Å². The molecule has 35 heavy (non-hydrogen) atoms. The zero-order chi connectivity index (χ0) is 24.5. The number of hydrogen-bond donors (Lipinski definition) is 2. The molecule has 0 aliphatic heterocycles. The summed E-state index contributed by atoms with van der Waals surface area (Å²) in [5, 5.41) is 8.67.